The quantitative estimate of drug-likeness (QED) is 0.648. The lowest BCUT2D eigenvalue weighted by molar-refractivity contribution is -0.143. The van der Waals surface area contributed by atoms with Crippen LogP contribution in [-0.4, -0.2) is 8.42 Å². The van der Waals surface area contributed by atoms with E-state index < -0.39 is 62.2 Å². The first-order valence-electron chi connectivity index (χ1n) is 7.46. The fourth-order valence-electron chi connectivity index (χ4n) is 2.29. The minimum atomic E-state index is -5.28. The molecule has 0 bridgehead atoms. The molecule has 0 saturated carbocycles. The molecule has 0 spiro atoms. The number of halogens is 9. The Hall–Kier alpha value is -2.28. The van der Waals surface area contributed by atoms with E-state index in [1.807, 2.05) is 0 Å². The lowest BCUT2D eigenvalue weighted by Crippen LogP contribution is -2.26. The number of sulfonamides is 1. The minimum Gasteiger partial charge on any atom is -0.207 e. The average molecular weight is 451 g/mol. The Morgan fingerprint density at radius 2 is 1.21 bits per heavy atom. The van der Waals surface area contributed by atoms with Gasteiger partial charge in [0, 0.05) is 6.54 Å². The molecule has 2 aromatic carbocycles. The van der Waals surface area contributed by atoms with Gasteiger partial charge < -0.3 is 0 Å². The third-order valence-corrected chi connectivity index (χ3v) is 5.03. The number of nitrogens with one attached hydrogen (secondary N) is 1. The molecule has 0 aliphatic carbocycles. The van der Waals surface area contributed by atoms with Gasteiger partial charge >= 0.3 is 18.5 Å². The molecule has 13 heteroatoms. The lowest BCUT2D eigenvalue weighted by Gasteiger charge is -2.16. The Bertz CT molecular complexity index is 960. The van der Waals surface area contributed by atoms with Crippen LogP contribution >= 0.6 is 0 Å². The first-order chi connectivity index (χ1) is 13.0. The van der Waals surface area contributed by atoms with Crippen LogP contribution in [0.4, 0.5) is 39.5 Å². The molecule has 160 valence electrons. The summed E-state index contributed by atoms with van der Waals surface area (Å²) in [5.41, 5.74) is -5.51. The maximum atomic E-state index is 12.9. The van der Waals surface area contributed by atoms with Gasteiger partial charge in [0.2, 0.25) is 10.0 Å². The molecule has 0 aliphatic rings. The van der Waals surface area contributed by atoms with Crippen LogP contribution in [-0.2, 0) is 35.1 Å². The van der Waals surface area contributed by atoms with Gasteiger partial charge in [-0.2, -0.15) is 39.5 Å². The third kappa shape index (κ3) is 5.63. The molecule has 2 aromatic rings. The van der Waals surface area contributed by atoms with Crippen LogP contribution in [0, 0.1) is 0 Å². The summed E-state index contributed by atoms with van der Waals surface area (Å²) < 4.78 is 142. The number of rotatable bonds is 4. The Labute approximate surface area is 158 Å². The minimum absolute atomic E-state index is 0.0345. The van der Waals surface area contributed by atoms with Crippen molar-refractivity contribution in [3.8, 4) is 0 Å². The van der Waals surface area contributed by atoms with Crippen LogP contribution in [0.15, 0.2) is 47.4 Å². The molecular weight excluding hydrogens is 441 g/mol. The van der Waals surface area contributed by atoms with E-state index in [0.29, 0.717) is 6.07 Å². The second-order valence-electron chi connectivity index (χ2n) is 5.72. The summed E-state index contributed by atoms with van der Waals surface area (Å²) in [7, 11) is -5.00. The van der Waals surface area contributed by atoms with Crippen LogP contribution in [0.2, 0.25) is 0 Å². The molecule has 0 amide bonds. The highest BCUT2D eigenvalue weighted by atomic mass is 32.2. The number of hydrogen-bond acceptors (Lipinski definition) is 2. The standard InChI is InChI=1S/C16H10F9NO2S/c17-14(18,19)10-5-11(15(20,21)22)7-12(6-10)29(27,28)26-8-9-3-1-2-4-13(9)16(23,24)25/h1-7,26H,8H2. The van der Waals surface area contributed by atoms with Gasteiger partial charge in [-0.3, -0.25) is 0 Å². The van der Waals surface area contributed by atoms with E-state index in [1.54, 1.807) is 4.72 Å². The zero-order valence-electron chi connectivity index (χ0n) is 13.9. The molecule has 1 N–H and O–H groups in total. The maximum Gasteiger partial charge on any atom is 0.416 e. The smallest absolute Gasteiger partial charge is 0.207 e. The first-order valence-corrected chi connectivity index (χ1v) is 8.94. The molecule has 0 fully saturated rings. The molecule has 3 nitrogen and oxygen atoms in total. The highest BCUT2D eigenvalue weighted by Gasteiger charge is 2.38. The summed E-state index contributed by atoms with van der Waals surface area (Å²) in [5, 5.41) is 0. The van der Waals surface area contributed by atoms with Crippen LogP contribution in [0.5, 0.6) is 0 Å². The summed E-state index contributed by atoms with van der Waals surface area (Å²) in [4.78, 5) is -1.39. The topological polar surface area (TPSA) is 46.2 Å². The van der Waals surface area contributed by atoms with Gasteiger partial charge in [0.1, 0.15) is 0 Å². The van der Waals surface area contributed by atoms with Gasteiger partial charge in [0.15, 0.2) is 0 Å². The number of benzene rings is 2. The zero-order chi connectivity index (χ0) is 22.3. The van der Waals surface area contributed by atoms with E-state index in [1.165, 1.54) is 0 Å². The van der Waals surface area contributed by atoms with E-state index in [9.17, 15) is 47.9 Å². The molecule has 2 rings (SSSR count). The van der Waals surface area contributed by atoms with E-state index in [0.717, 1.165) is 18.2 Å². The van der Waals surface area contributed by atoms with Crippen molar-refractivity contribution < 1.29 is 47.9 Å². The van der Waals surface area contributed by atoms with Crippen molar-refractivity contribution in [2.45, 2.75) is 30.0 Å². The van der Waals surface area contributed by atoms with Crippen molar-refractivity contribution in [2.75, 3.05) is 0 Å². The van der Waals surface area contributed by atoms with Gasteiger partial charge in [0.05, 0.1) is 21.6 Å². The summed E-state index contributed by atoms with van der Waals surface area (Å²) >= 11 is 0. The molecule has 0 saturated heterocycles. The van der Waals surface area contributed by atoms with E-state index in [2.05, 4.69) is 0 Å². The summed E-state index contributed by atoms with van der Waals surface area (Å²) in [5.74, 6) is 0. The summed E-state index contributed by atoms with van der Waals surface area (Å²) in [6.07, 6.45) is -15.4. The fourth-order valence-corrected chi connectivity index (χ4v) is 3.37. The first kappa shape index (κ1) is 23.0. The highest BCUT2D eigenvalue weighted by molar-refractivity contribution is 7.89. The van der Waals surface area contributed by atoms with Gasteiger partial charge in [-0.05, 0) is 29.8 Å². The predicted molar refractivity (Wildman–Crippen MR) is 81.9 cm³/mol. The van der Waals surface area contributed by atoms with Crippen LogP contribution < -0.4 is 4.72 Å². The van der Waals surface area contributed by atoms with Crippen LogP contribution in [0.25, 0.3) is 0 Å². The van der Waals surface area contributed by atoms with Crippen molar-refractivity contribution in [2.24, 2.45) is 0 Å². The summed E-state index contributed by atoms with van der Waals surface area (Å²) in [6, 6.07) is 3.42. The highest BCUT2D eigenvalue weighted by Crippen LogP contribution is 2.37. The molecule has 0 radical (unpaired) electrons. The van der Waals surface area contributed by atoms with Gasteiger partial charge in [0.25, 0.3) is 0 Å². The second kappa shape index (κ2) is 7.52. The van der Waals surface area contributed by atoms with E-state index >= 15 is 0 Å². The zero-order valence-corrected chi connectivity index (χ0v) is 14.7. The van der Waals surface area contributed by atoms with Gasteiger partial charge in [-0.15, -0.1) is 0 Å². The Kier molecular flexibility index (Phi) is 5.96. The monoisotopic (exact) mass is 451 g/mol. The summed E-state index contributed by atoms with van der Waals surface area (Å²) in [6.45, 7) is -1.00. The average Bonchev–Trinajstić information content (AvgIpc) is 2.57. The van der Waals surface area contributed by atoms with Crippen molar-refractivity contribution in [1.82, 2.24) is 4.72 Å². The van der Waals surface area contributed by atoms with Crippen molar-refractivity contribution in [1.29, 1.82) is 0 Å². The Morgan fingerprint density at radius 1 is 0.724 bits per heavy atom. The number of hydrogen-bond donors (Lipinski definition) is 1. The Balaban J connectivity index is 2.45. The molecule has 0 heterocycles. The van der Waals surface area contributed by atoms with Gasteiger partial charge in [-0.1, -0.05) is 18.2 Å². The molecule has 29 heavy (non-hydrogen) atoms. The van der Waals surface area contributed by atoms with Crippen LogP contribution in [0.1, 0.15) is 22.3 Å². The van der Waals surface area contributed by atoms with Crippen LogP contribution in [0.3, 0.4) is 0 Å². The molecule has 0 unspecified atom stereocenters. The molecule has 0 atom stereocenters. The molecule has 0 aliphatic heterocycles. The van der Waals surface area contributed by atoms with Gasteiger partial charge in [-0.25, -0.2) is 13.1 Å². The lowest BCUT2D eigenvalue weighted by atomic mass is 10.1. The van der Waals surface area contributed by atoms with Crippen molar-refractivity contribution >= 4 is 10.0 Å². The fraction of sp³-hybridized carbons (Fsp3) is 0.250. The third-order valence-electron chi connectivity index (χ3n) is 3.65. The normalized spacial score (nSPS) is 13.6. The SMILES string of the molecule is O=S(=O)(NCc1ccccc1C(F)(F)F)c1cc(C(F)(F)F)cc(C(F)(F)F)c1. The van der Waals surface area contributed by atoms with Crippen molar-refractivity contribution in [3.63, 3.8) is 0 Å². The van der Waals surface area contributed by atoms with E-state index in [-0.39, 0.29) is 18.2 Å². The molecular formula is C16H10F9NO2S. The largest absolute Gasteiger partial charge is 0.416 e. The predicted octanol–water partition coefficient (Wildman–Crippen LogP) is 5.22. The molecule has 0 aromatic heterocycles. The van der Waals surface area contributed by atoms with E-state index in [4.69, 9.17) is 0 Å². The van der Waals surface area contributed by atoms with Crippen molar-refractivity contribution in [3.05, 3.63) is 64.7 Å². The number of alkyl halides is 9. The Morgan fingerprint density at radius 3 is 1.66 bits per heavy atom. The second-order valence-corrected chi connectivity index (χ2v) is 7.49. The maximum absolute atomic E-state index is 12.9.